The Morgan fingerprint density at radius 3 is 0.865 bits per heavy atom. The molecule has 6 aromatic rings. The molecule has 3 aromatic carbocycles. The molecule has 3 aromatic heterocycles. The minimum absolute atomic E-state index is 0.958. The topological polar surface area (TPSA) is 41.9 Å². The van der Waals surface area contributed by atoms with E-state index in [4.69, 9.17) is 0 Å². The maximum atomic E-state index is 4.49. The Balaban J connectivity index is 1.38. The van der Waals surface area contributed by atoms with Crippen LogP contribution in [-0.2, 0) is 0 Å². The molecule has 0 spiro atoms. The summed E-state index contributed by atoms with van der Waals surface area (Å²) in [7, 11) is 0. The molecule has 0 aliphatic rings. The zero-order valence-corrected chi connectivity index (χ0v) is 20.1. The van der Waals surface area contributed by atoms with Gasteiger partial charge in [0, 0.05) is 52.3 Å². The van der Waals surface area contributed by atoms with Crippen molar-refractivity contribution < 1.29 is 0 Å². The fourth-order valence-corrected chi connectivity index (χ4v) is 4.39. The molecule has 0 bridgehead atoms. The van der Waals surface area contributed by atoms with Gasteiger partial charge in [-0.1, -0.05) is 54.6 Å². The molecule has 6 rings (SSSR count). The van der Waals surface area contributed by atoms with Gasteiger partial charge in [0.05, 0.1) is 17.1 Å². The summed E-state index contributed by atoms with van der Waals surface area (Å²) in [6, 6.07) is 43.5. The van der Waals surface area contributed by atoms with Crippen molar-refractivity contribution in [1.29, 1.82) is 0 Å². The molecular formula is C33H24N4. The summed E-state index contributed by atoms with van der Waals surface area (Å²) in [5.41, 5.74) is 9.32. The number of pyridine rings is 3. The van der Waals surface area contributed by atoms with Crippen molar-refractivity contribution in [3.63, 3.8) is 0 Å². The normalized spacial score (nSPS) is 10.7. The average molecular weight is 477 g/mol. The SMILES string of the molecule is c1ccc(-c2ccc(N(c3ccc(-c4ccccn4)cc3)c3ccc(-c4ccccn4)cc3)cc2)nc1. The highest BCUT2D eigenvalue weighted by atomic mass is 15.1. The van der Waals surface area contributed by atoms with E-state index in [1.165, 1.54) is 0 Å². The highest BCUT2D eigenvalue weighted by molar-refractivity contribution is 5.80. The van der Waals surface area contributed by atoms with Crippen LogP contribution in [0.2, 0.25) is 0 Å². The molecule has 0 saturated carbocycles. The Hall–Kier alpha value is -5.09. The standard InChI is InChI=1S/C33H24N4/c1-4-22-34-31(7-1)25-10-16-28(17-11-25)37(29-18-12-26(13-19-29)32-8-2-5-23-35-32)30-20-14-27(15-21-30)33-9-3-6-24-36-33/h1-24H. The zero-order valence-electron chi connectivity index (χ0n) is 20.1. The average Bonchev–Trinajstić information content (AvgIpc) is 3.00. The molecule has 0 saturated heterocycles. The van der Waals surface area contributed by atoms with E-state index in [2.05, 4.69) is 92.6 Å². The summed E-state index contributed by atoms with van der Waals surface area (Å²) in [5.74, 6) is 0. The van der Waals surface area contributed by atoms with Crippen molar-refractivity contribution >= 4 is 17.1 Å². The molecule has 0 aliphatic heterocycles. The van der Waals surface area contributed by atoms with Crippen molar-refractivity contribution in [3.8, 4) is 33.8 Å². The predicted molar refractivity (Wildman–Crippen MR) is 151 cm³/mol. The molecule has 0 atom stereocenters. The molecule has 37 heavy (non-hydrogen) atoms. The van der Waals surface area contributed by atoms with E-state index in [1.54, 1.807) is 0 Å². The lowest BCUT2D eigenvalue weighted by Crippen LogP contribution is -2.09. The molecule has 3 heterocycles. The first-order chi connectivity index (χ1) is 18.3. The quantitative estimate of drug-likeness (QED) is 0.242. The Labute approximate surface area is 216 Å². The maximum absolute atomic E-state index is 4.49. The number of anilines is 3. The van der Waals surface area contributed by atoms with Crippen LogP contribution in [0.3, 0.4) is 0 Å². The van der Waals surface area contributed by atoms with Crippen molar-refractivity contribution in [2.24, 2.45) is 0 Å². The second kappa shape index (κ2) is 10.3. The van der Waals surface area contributed by atoms with Gasteiger partial charge in [-0.05, 0) is 72.8 Å². The summed E-state index contributed by atoms with van der Waals surface area (Å²) in [6.07, 6.45) is 5.46. The van der Waals surface area contributed by atoms with Gasteiger partial charge in [-0.15, -0.1) is 0 Å². The minimum Gasteiger partial charge on any atom is -0.311 e. The van der Waals surface area contributed by atoms with Crippen molar-refractivity contribution in [2.75, 3.05) is 4.90 Å². The van der Waals surface area contributed by atoms with Crippen LogP contribution in [0.1, 0.15) is 0 Å². The molecule has 0 fully saturated rings. The van der Waals surface area contributed by atoms with Crippen LogP contribution < -0.4 is 4.90 Å². The van der Waals surface area contributed by atoms with E-state index in [9.17, 15) is 0 Å². The number of rotatable bonds is 6. The third-order valence-electron chi connectivity index (χ3n) is 6.26. The Morgan fingerprint density at radius 2 is 0.622 bits per heavy atom. The van der Waals surface area contributed by atoms with E-state index in [0.29, 0.717) is 0 Å². The van der Waals surface area contributed by atoms with Gasteiger partial charge in [0.25, 0.3) is 0 Å². The van der Waals surface area contributed by atoms with E-state index in [1.807, 2.05) is 73.2 Å². The molecule has 0 radical (unpaired) electrons. The number of hydrogen-bond donors (Lipinski definition) is 0. The molecule has 4 nitrogen and oxygen atoms in total. The zero-order chi connectivity index (χ0) is 24.9. The molecule has 176 valence electrons. The van der Waals surface area contributed by atoms with Gasteiger partial charge in [0.1, 0.15) is 0 Å². The van der Waals surface area contributed by atoms with Crippen LogP contribution in [0.25, 0.3) is 33.8 Å². The Bertz CT molecular complexity index is 1370. The van der Waals surface area contributed by atoms with E-state index in [0.717, 1.165) is 50.8 Å². The van der Waals surface area contributed by atoms with Crippen LogP contribution in [-0.4, -0.2) is 15.0 Å². The monoisotopic (exact) mass is 476 g/mol. The van der Waals surface area contributed by atoms with Crippen LogP contribution in [0.5, 0.6) is 0 Å². The molecule has 4 heteroatoms. The van der Waals surface area contributed by atoms with Crippen molar-refractivity contribution in [1.82, 2.24) is 15.0 Å². The Morgan fingerprint density at radius 1 is 0.324 bits per heavy atom. The van der Waals surface area contributed by atoms with Gasteiger partial charge in [-0.3, -0.25) is 15.0 Å². The van der Waals surface area contributed by atoms with E-state index in [-0.39, 0.29) is 0 Å². The lowest BCUT2D eigenvalue weighted by atomic mass is 10.1. The van der Waals surface area contributed by atoms with Gasteiger partial charge in [0.2, 0.25) is 0 Å². The summed E-state index contributed by atoms with van der Waals surface area (Å²) in [5, 5.41) is 0. The van der Waals surface area contributed by atoms with Crippen LogP contribution in [0.4, 0.5) is 17.1 Å². The fraction of sp³-hybridized carbons (Fsp3) is 0. The van der Waals surface area contributed by atoms with Gasteiger partial charge in [-0.25, -0.2) is 0 Å². The fourth-order valence-electron chi connectivity index (χ4n) is 4.39. The highest BCUT2D eigenvalue weighted by Gasteiger charge is 2.14. The molecule has 0 amide bonds. The van der Waals surface area contributed by atoms with Gasteiger partial charge >= 0.3 is 0 Å². The largest absolute Gasteiger partial charge is 0.311 e. The molecule has 0 unspecified atom stereocenters. The third kappa shape index (κ3) is 4.86. The smallest absolute Gasteiger partial charge is 0.0701 e. The summed E-state index contributed by atoms with van der Waals surface area (Å²) < 4.78 is 0. The number of aromatic nitrogens is 3. The van der Waals surface area contributed by atoms with Crippen LogP contribution >= 0.6 is 0 Å². The van der Waals surface area contributed by atoms with E-state index >= 15 is 0 Å². The minimum atomic E-state index is 0.958. The number of benzene rings is 3. The van der Waals surface area contributed by atoms with Gasteiger partial charge in [0.15, 0.2) is 0 Å². The Kier molecular flexibility index (Phi) is 6.21. The van der Waals surface area contributed by atoms with Gasteiger partial charge < -0.3 is 4.90 Å². The van der Waals surface area contributed by atoms with Crippen molar-refractivity contribution in [3.05, 3.63) is 146 Å². The number of hydrogen-bond acceptors (Lipinski definition) is 4. The van der Waals surface area contributed by atoms with Gasteiger partial charge in [-0.2, -0.15) is 0 Å². The molecule has 0 N–H and O–H groups in total. The first kappa shape index (κ1) is 22.4. The lowest BCUT2D eigenvalue weighted by Gasteiger charge is -2.26. The highest BCUT2D eigenvalue weighted by Crippen LogP contribution is 2.37. The second-order valence-corrected chi connectivity index (χ2v) is 8.62. The van der Waals surface area contributed by atoms with Crippen LogP contribution in [0.15, 0.2) is 146 Å². The summed E-state index contributed by atoms with van der Waals surface area (Å²) in [4.78, 5) is 15.7. The maximum Gasteiger partial charge on any atom is 0.0701 e. The number of nitrogens with zero attached hydrogens (tertiary/aromatic N) is 4. The lowest BCUT2D eigenvalue weighted by molar-refractivity contribution is 1.27. The first-order valence-electron chi connectivity index (χ1n) is 12.2. The molecular weight excluding hydrogens is 452 g/mol. The summed E-state index contributed by atoms with van der Waals surface area (Å²) >= 11 is 0. The van der Waals surface area contributed by atoms with Crippen LogP contribution in [0, 0.1) is 0 Å². The van der Waals surface area contributed by atoms with E-state index < -0.39 is 0 Å². The second-order valence-electron chi connectivity index (χ2n) is 8.62. The first-order valence-corrected chi connectivity index (χ1v) is 12.2. The molecule has 0 aliphatic carbocycles. The third-order valence-corrected chi connectivity index (χ3v) is 6.26. The summed E-state index contributed by atoms with van der Waals surface area (Å²) in [6.45, 7) is 0. The predicted octanol–water partition coefficient (Wildman–Crippen LogP) is 8.34. The van der Waals surface area contributed by atoms with Crippen molar-refractivity contribution in [2.45, 2.75) is 0 Å².